The summed E-state index contributed by atoms with van der Waals surface area (Å²) in [4.78, 5) is 14.2. The van der Waals surface area contributed by atoms with Gasteiger partial charge in [0.15, 0.2) is 5.82 Å². The number of rotatable bonds is 5. The lowest BCUT2D eigenvalue weighted by Gasteiger charge is -2.11. The van der Waals surface area contributed by atoms with Crippen molar-refractivity contribution in [2.24, 2.45) is 0 Å². The Morgan fingerprint density at radius 2 is 1.71 bits per heavy atom. The highest BCUT2D eigenvalue weighted by Gasteiger charge is 2.13. The van der Waals surface area contributed by atoms with Gasteiger partial charge >= 0.3 is 0 Å². The van der Waals surface area contributed by atoms with Crippen LogP contribution in [0.2, 0.25) is 0 Å². The first-order valence-electron chi connectivity index (χ1n) is 9.98. The van der Waals surface area contributed by atoms with Crippen LogP contribution in [0.25, 0.3) is 32.9 Å². The highest BCUT2D eigenvalue weighted by atomic mass is 32.1. The van der Waals surface area contributed by atoms with E-state index in [0.29, 0.717) is 17.9 Å². The maximum absolute atomic E-state index is 10.3. The number of phenols is 1. The normalized spacial score (nSPS) is 11.0. The van der Waals surface area contributed by atoms with Gasteiger partial charge in [0.1, 0.15) is 16.6 Å². The molecule has 0 saturated carbocycles. The molecule has 2 N–H and O–H groups in total. The van der Waals surface area contributed by atoms with E-state index in [4.69, 9.17) is 15.0 Å². The summed E-state index contributed by atoms with van der Waals surface area (Å²) in [5, 5.41) is 17.7. The molecular weight excluding hydrogens is 404 g/mol. The van der Waals surface area contributed by atoms with E-state index in [0.717, 1.165) is 38.5 Å². The average molecular weight is 425 g/mol. The van der Waals surface area contributed by atoms with Crippen molar-refractivity contribution >= 4 is 28.1 Å². The van der Waals surface area contributed by atoms with Crippen molar-refractivity contribution in [3.63, 3.8) is 0 Å². The topological polar surface area (TPSA) is 70.9 Å². The predicted molar refractivity (Wildman–Crippen MR) is 126 cm³/mol. The molecule has 0 unspecified atom stereocenters. The third-order valence-corrected chi connectivity index (χ3v) is 5.95. The van der Waals surface area contributed by atoms with Gasteiger partial charge in [-0.25, -0.2) is 15.0 Å². The molecule has 0 amide bonds. The van der Waals surface area contributed by atoms with E-state index in [-0.39, 0.29) is 5.75 Å². The molecule has 0 bridgehead atoms. The van der Waals surface area contributed by atoms with E-state index >= 15 is 0 Å². The molecule has 2 aromatic heterocycles. The maximum Gasteiger partial charge on any atom is 0.165 e. The summed E-state index contributed by atoms with van der Waals surface area (Å²) in [5.74, 6) is 1.37. The molecule has 0 aliphatic heterocycles. The molecule has 0 spiro atoms. The summed E-state index contributed by atoms with van der Waals surface area (Å²) in [6.07, 6.45) is 0. The third kappa shape index (κ3) is 3.98. The minimum atomic E-state index is 0.160. The Morgan fingerprint density at radius 1 is 0.903 bits per heavy atom. The molecule has 31 heavy (non-hydrogen) atoms. The van der Waals surface area contributed by atoms with Crippen molar-refractivity contribution < 1.29 is 5.11 Å². The van der Waals surface area contributed by atoms with E-state index < -0.39 is 0 Å². The van der Waals surface area contributed by atoms with Crippen LogP contribution < -0.4 is 5.32 Å². The maximum atomic E-state index is 10.3. The Kier molecular flexibility index (Phi) is 5.06. The van der Waals surface area contributed by atoms with Crippen molar-refractivity contribution in [2.45, 2.75) is 13.5 Å². The van der Waals surface area contributed by atoms with Gasteiger partial charge in [0.05, 0.1) is 23.3 Å². The second-order valence-corrected chi connectivity index (χ2v) is 8.16. The van der Waals surface area contributed by atoms with Crippen molar-refractivity contribution in [3.8, 4) is 27.7 Å². The van der Waals surface area contributed by atoms with Crippen LogP contribution in [0.5, 0.6) is 5.75 Å². The minimum absolute atomic E-state index is 0.160. The zero-order chi connectivity index (χ0) is 21.2. The first kappa shape index (κ1) is 19.2. The van der Waals surface area contributed by atoms with Crippen LogP contribution in [0.1, 0.15) is 11.3 Å². The van der Waals surface area contributed by atoms with E-state index in [2.05, 4.69) is 22.8 Å². The molecule has 2 heterocycles. The lowest BCUT2D eigenvalue weighted by Crippen LogP contribution is -2.05. The number of phenolic OH excluding ortho intramolecular Hbond substituents is 1. The summed E-state index contributed by atoms with van der Waals surface area (Å²) in [7, 11) is 0. The summed E-state index contributed by atoms with van der Waals surface area (Å²) in [5.41, 5.74) is 4.62. The first-order valence-corrected chi connectivity index (χ1v) is 10.9. The molecule has 0 aliphatic rings. The smallest absolute Gasteiger partial charge is 0.165 e. The zero-order valence-corrected chi connectivity index (χ0v) is 17.7. The fraction of sp³-hybridized carbons (Fsp3) is 0.0800. The number of thiazole rings is 1. The molecule has 152 valence electrons. The van der Waals surface area contributed by atoms with Crippen LogP contribution in [0, 0.1) is 6.92 Å². The molecule has 5 rings (SSSR count). The fourth-order valence-corrected chi connectivity index (χ4v) is 4.26. The number of anilines is 1. The van der Waals surface area contributed by atoms with E-state index in [1.165, 1.54) is 0 Å². The molecule has 0 saturated heterocycles. The van der Waals surface area contributed by atoms with Gasteiger partial charge in [0, 0.05) is 16.3 Å². The van der Waals surface area contributed by atoms with Crippen molar-refractivity contribution in [2.75, 3.05) is 5.32 Å². The molecule has 5 aromatic rings. The fourth-order valence-electron chi connectivity index (χ4n) is 3.43. The number of para-hydroxylation sites is 1. The van der Waals surface area contributed by atoms with Crippen LogP contribution in [-0.2, 0) is 6.54 Å². The highest BCUT2D eigenvalue weighted by molar-refractivity contribution is 7.13. The number of nitrogens with one attached hydrogen (secondary N) is 1. The van der Waals surface area contributed by atoms with Crippen molar-refractivity contribution in [1.82, 2.24) is 15.0 Å². The molecule has 0 aliphatic carbocycles. The van der Waals surface area contributed by atoms with Gasteiger partial charge in [-0.2, -0.15) is 0 Å². The number of hydrogen-bond acceptors (Lipinski definition) is 6. The Hall–Kier alpha value is -3.77. The first-order chi connectivity index (χ1) is 15.2. The molecular formula is C25H20N4OS. The molecule has 0 atom stereocenters. The van der Waals surface area contributed by atoms with Crippen molar-refractivity contribution in [3.05, 3.63) is 89.4 Å². The second kappa shape index (κ2) is 8.16. The van der Waals surface area contributed by atoms with Gasteiger partial charge in [-0.1, -0.05) is 48.5 Å². The molecule has 6 heteroatoms. The van der Waals surface area contributed by atoms with E-state index in [1.54, 1.807) is 23.5 Å². The predicted octanol–water partition coefficient (Wildman–Crippen LogP) is 6.05. The third-order valence-electron chi connectivity index (χ3n) is 5.01. The van der Waals surface area contributed by atoms with Crippen LogP contribution in [0.4, 0.5) is 5.82 Å². The van der Waals surface area contributed by atoms with Crippen LogP contribution >= 0.6 is 11.3 Å². The Labute approximate surface area is 184 Å². The van der Waals surface area contributed by atoms with Crippen molar-refractivity contribution in [1.29, 1.82) is 0 Å². The number of benzene rings is 3. The van der Waals surface area contributed by atoms with Gasteiger partial charge in [-0.3, -0.25) is 0 Å². The molecule has 5 nitrogen and oxygen atoms in total. The van der Waals surface area contributed by atoms with Crippen LogP contribution in [0.3, 0.4) is 0 Å². The lowest BCUT2D eigenvalue weighted by atomic mass is 10.1. The summed E-state index contributed by atoms with van der Waals surface area (Å²) >= 11 is 1.63. The molecule has 0 fully saturated rings. The zero-order valence-electron chi connectivity index (χ0n) is 16.9. The molecule has 3 aromatic carbocycles. The monoisotopic (exact) mass is 424 g/mol. The average Bonchev–Trinajstić information content (AvgIpc) is 3.27. The highest BCUT2D eigenvalue weighted by Crippen LogP contribution is 2.31. The van der Waals surface area contributed by atoms with Gasteiger partial charge in [-0.05, 0) is 36.8 Å². The number of aromatic nitrogens is 3. The Bertz CT molecular complexity index is 1360. The number of fused-ring (bicyclic) bond motifs is 1. The van der Waals surface area contributed by atoms with Crippen LogP contribution in [-0.4, -0.2) is 20.1 Å². The Morgan fingerprint density at radius 3 is 2.55 bits per heavy atom. The summed E-state index contributed by atoms with van der Waals surface area (Å²) < 4.78 is 0. The number of aromatic hydroxyl groups is 1. The van der Waals surface area contributed by atoms with E-state index in [1.807, 2.05) is 55.5 Å². The Balaban J connectivity index is 1.49. The largest absolute Gasteiger partial charge is 0.507 e. The number of hydrogen-bond donors (Lipinski definition) is 2. The number of nitrogens with zero attached hydrogens (tertiary/aromatic N) is 3. The SMILES string of the molecule is Cc1ccc2c(NCc3csc(-c4ccccc4)n3)nc(-c3ccccc3O)nc2c1. The molecule has 0 radical (unpaired) electrons. The minimum Gasteiger partial charge on any atom is -0.507 e. The summed E-state index contributed by atoms with van der Waals surface area (Å²) in [6, 6.07) is 23.4. The number of aryl methyl sites for hydroxylation is 1. The standard InChI is InChI=1S/C25H20N4OS/c1-16-11-12-19-21(13-16)28-24(20-9-5-6-10-22(20)30)29-23(19)26-14-18-15-31-25(27-18)17-7-3-2-4-8-17/h2-13,15,30H,14H2,1H3,(H,26,28,29). The van der Waals surface area contributed by atoms with E-state index in [9.17, 15) is 5.11 Å². The van der Waals surface area contributed by atoms with Crippen LogP contribution in [0.15, 0.2) is 78.2 Å². The quantitative estimate of drug-likeness (QED) is 0.360. The summed E-state index contributed by atoms with van der Waals surface area (Å²) in [6.45, 7) is 2.58. The van der Waals surface area contributed by atoms with Gasteiger partial charge < -0.3 is 10.4 Å². The van der Waals surface area contributed by atoms with Gasteiger partial charge in [0.25, 0.3) is 0 Å². The van der Waals surface area contributed by atoms with Gasteiger partial charge in [-0.15, -0.1) is 11.3 Å². The lowest BCUT2D eigenvalue weighted by molar-refractivity contribution is 0.477. The second-order valence-electron chi connectivity index (χ2n) is 7.30. The van der Waals surface area contributed by atoms with Gasteiger partial charge in [0.2, 0.25) is 0 Å².